The fourth-order valence-corrected chi connectivity index (χ4v) is 2.50. The molecule has 2 aromatic rings. The number of hydrogen-bond donors (Lipinski definition) is 2. The number of anilines is 2. The molecule has 0 aromatic carbocycles. The highest BCUT2D eigenvalue weighted by molar-refractivity contribution is 7.11. The van der Waals surface area contributed by atoms with E-state index in [1.807, 2.05) is 19.1 Å². The number of ether oxygens (including phenoxy) is 1. The first-order chi connectivity index (χ1) is 9.33. The van der Waals surface area contributed by atoms with Crippen molar-refractivity contribution in [3.8, 4) is 11.1 Å². The van der Waals surface area contributed by atoms with Gasteiger partial charge >= 0.3 is 0 Å². The molecule has 5 nitrogen and oxygen atoms in total. The van der Waals surface area contributed by atoms with E-state index >= 15 is 0 Å². The van der Waals surface area contributed by atoms with Gasteiger partial charge in [-0.3, -0.25) is 4.98 Å². The molecule has 2 rings (SSSR count). The second kappa shape index (κ2) is 7.06. The van der Waals surface area contributed by atoms with Crippen LogP contribution in [0.1, 0.15) is 13.3 Å². The molecule has 0 aliphatic heterocycles. The minimum atomic E-state index is 0.559. The number of aromatic nitrogens is 2. The molecule has 6 heteroatoms. The molecule has 0 saturated carbocycles. The Kier molecular flexibility index (Phi) is 5.11. The average molecular weight is 278 g/mol. The van der Waals surface area contributed by atoms with Crippen LogP contribution in [0.3, 0.4) is 0 Å². The third kappa shape index (κ3) is 3.65. The molecular weight excluding hydrogens is 260 g/mol. The summed E-state index contributed by atoms with van der Waals surface area (Å²) in [7, 11) is 0. The van der Waals surface area contributed by atoms with Gasteiger partial charge in [0, 0.05) is 32.2 Å². The van der Waals surface area contributed by atoms with E-state index in [-0.39, 0.29) is 0 Å². The molecule has 2 aromatic heterocycles. The predicted octanol–water partition coefficient (Wildman–Crippen LogP) is 2.63. The third-order valence-electron chi connectivity index (χ3n) is 2.64. The molecule has 2 heterocycles. The van der Waals surface area contributed by atoms with Crippen molar-refractivity contribution in [2.24, 2.45) is 0 Å². The van der Waals surface area contributed by atoms with Gasteiger partial charge in [-0.15, -0.1) is 0 Å². The lowest BCUT2D eigenvalue weighted by atomic mass is 10.1. The van der Waals surface area contributed by atoms with Crippen LogP contribution >= 0.6 is 11.5 Å². The van der Waals surface area contributed by atoms with Crippen LogP contribution in [-0.2, 0) is 4.74 Å². The molecule has 0 aliphatic carbocycles. The summed E-state index contributed by atoms with van der Waals surface area (Å²) in [5.41, 5.74) is 7.94. The van der Waals surface area contributed by atoms with Gasteiger partial charge in [0.25, 0.3) is 0 Å². The number of nitrogens with zero attached hydrogens (tertiary/aromatic N) is 2. The molecule has 3 N–H and O–H groups in total. The average Bonchev–Trinajstić information content (AvgIpc) is 2.81. The zero-order valence-corrected chi connectivity index (χ0v) is 11.7. The van der Waals surface area contributed by atoms with E-state index in [0.29, 0.717) is 5.82 Å². The molecule has 0 unspecified atom stereocenters. The van der Waals surface area contributed by atoms with Crippen molar-refractivity contribution in [1.82, 2.24) is 9.36 Å². The topological polar surface area (TPSA) is 73.1 Å². The summed E-state index contributed by atoms with van der Waals surface area (Å²) in [5, 5.41) is 4.37. The zero-order chi connectivity index (χ0) is 13.5. The fraction of sp³-hybridized carbons (Fsp3) is 0.385. The van der Waals surface area contributed by atoms with Crippen LogP contribution in [0.25, 0.3) is 11.1 Å². The Morgan fingerprint density at radius 2 is 2.16 bits per heavy atom. The van der Waals surface area contributed by atoms with Gasteiger partial charge in [-0.2, -0.15) is 4.37 Å². The Morgan fingerprint density at radius 1 is 1.37 bits per heavy atom. The monoisotopic (exact) mass is 278 g/mol. The first-order valence-electron chi connectivity index (χ1n) is 6.30. The Balaban J connectivity index is 2.02. The van der Waals surface area contributed by atoms with Crippen molar-refractivity contribution in [2.45, 2.75) is 13.3 Å². The maximum absolute atomic E-state index is 5.94. The largest absolute Gasteiger partial charge is 0.382 e. The summed E-state index contributed by atoms with van der Waals surface area (Å²) < 4.78 is 9.52. The lowest BCUT2D eigenvalue weighted by Crippen LogP contribution is -2.05. The predicted molar refractivity (Wildman–Crippen MR) is 79.4 cm³/mol. The van der Waals surface area contributed by atoms with Gasteiger partial charge in [-0.25, -0.2) is 0 Å². The first kappa shape index (κ1) is 13.8. The van der Waals surface area contributed by atoms with Crippen molar-refractivity contribution in [2.75, 3.05) is 30.8 Å². The third-order valence-corrected chi connectivity index (χ3v) is 3.46. The van der Waals surface area contributed by atoms with Crippen LogP contribution in [-0.4, -0.2) is 29.1 Å². The van der Waals surface area contributed by atoms with Gasteiger partial charge in [0.05, 0.1) is 5.56 Å². The van der Waals surface area contributed by atoms with Gasteiger partial charge in [0.1, 0.15) is 10.8 Å². The van der Waals surface area contributed by atoms with Gasteiger partial charge in [-0.1, -0.05) is 0 Å². The molecule has 0 amide bonds. The molecule has 0 saturated heterocycles. The van der Waals surface area contributed by atoms with E-state index in [0.717, 1.165) is 42.3 Å². The minimum absolute atomic E-state index is 0.559. The molecule has 0 spiro atoms. The lowest BCUT2D eigenvalue weighted by molar-refractivity contribution is 0.147. The number of rotatable bonds is 7. The van der Waals surface area contributed by atoms with Gasteiger partial charge in [0.2, 0.25) is 0 Å². The van der Waals surface area contributed by atoms with E-state index in [9.17, 15) is 0 Å². The Hall–Kier alpha value is -1.66. The standard InChI is InChI=1S/C13H18N4OS/c1-2-18-9-3-6-16-13-11(12(14)17-19-13)10-4-7-15-8-5-10/h4-5,7-8,16H,2-3,6,9H2,1H3,(H2,14,17). The summed E-state index contributed by atoms with van der Waals surface area (Å²) in [4.78, 5) is 4.02. The number of hydrogen-bond acceptors (Lipinski definition) is 6. The molecule has 0 atom stereocenters. The maximum atomic E-state index is 5.94. The molecule has 0 radical (unpaired) electrons. The van der Waals surface area contributed by atoms with Crippen molar-refractivity contribution >= 4 is 22.4 Å². The quantitative estimate of drug-likeness (QED) is 0.762. The summed E-state index contributed by atoms with van der Waals surface area (Å²) >= 11 is 1.39. The number of nitrogens with one attached hydrogen (secondary N) is 1. The van der Waals surface area contributed by atoms with Crippen LogP contribution in [0, 0.1) is 0 Å². The van der Waals surface area contributed by atoms with Crippen LogP contribution in [0.4, 0.5) is 10.8 Å². The van der Waals surface area contributed by atoms with Crippen LogP contribution in [0.5, 0.6) is 0 Å². The zero-order valence-electron chi connectivity index (χ0n) is 10.9. The Labute approximate surface area is 117 Å². The summed E-state index contributed by atoms with van der Waals surface area (Å²) in [6.45, 7) is 4.37. The van der Waals surface area contributed by atoms with Crippen molar-refractivity contribution in [1.29, 1.82) is 0 Å². The van der Waals surface area contributed by atoms with Crippen LogP contribution in [0.15, 0.2) is 24.5 Å². The maximum Gasteiger partial charge on any atom is 0.147 e. The SMILES string of the molecule is CCOCCCNc1snc(N)c1-c1ccncc1. The highest BCUT2D eigenvalue weighted by atomic mass is 32.1. The summed E-state index contributed by atoms with van der Waals surface area (Å²) in [5.74, 6) is 0.559. The normalized spacial score (nSPS) is 10.6. The molecule has 102 valence electrons. The lowest BCUT2D eigenvalue weighted by Gasteiger charge is -2.07. The van der Waals surface area contributed by atoms with Crippen molar-refractivity contribution < 1.29 is 4.74 Å². The van der Waals surface area contributed by atoms with E-state index < -0.39 is 0 Å². The van der Waals surface area contributed by atoms with E-state index in [2.05, 4.69) is 14.7 Å². The second-order valence-electron chi connectivity index (χ2n) is 3.99. The van der Waals surface area contributed by atoms with Gasteiger partial charge in [0.15, 0.2) is 0 Å². The number of nitrogens with two attached hydrogens (primary N) is 1. The van der Waals surface area contributed by atoms with Crippen LogP contribution < -0.4 is 11.1 Å². The fourth-order valence-electron chi connectivity index (χ4n) is 1.74. The Bertz CT molecular complexity index is 501. The van der Waals surface area contributed by atoms with Crippen molar-refractivity contribution in [3.63, 3.8) is 0 Å². The molecule has 0 aliphatic rings. The van der Waals surface area contributed by atoms with E-state index in [4.69, 9.17) is 10.5 Å². The smallest absolute Gasteiger partial charge is 0.147 e. The molecular formula is C13H18N4OS. The summed E-state index contributed by atoms with van der Waals surface area (Å²) in [6.07, 6.45) is 4.47. The number of nitrogen functional groups attached to an aromatic ring is 1. The highest BCUT2D eigenvalue weighted by Gasteiger charge is 2.12. The minimum Gasteiger partial charge on any atom is -0.382 e. The van der Waals surface area contributed by atoms with Crippen molar-refractivity contribution in [3.05, 3.63) is 24.5 Å². The summed E-state index contributed by atoms with van der Waals surface area (Å²) in [6, 6.07) is 3.87. The first-order valence-corrected chi connectivity index (χ1v) is 7.07. The van der Waals surface area contributed by atoms with Gasteiger partial charge in [-0.05, 0) is 42.6 Å². The van der Waals surface area contributed by atoms with Crippen LogP contribution in [0.2, 0.25) is 0 Å². The second-order valence-corrected chi connectivity index (χ2v) is 4.76. The molecule has 0 bridgehead atoms. The molecule has 0 fully saturated rings. The van der Waals surface area contributed by atoms with E-state index in [1.54, 1.807) is 12.4 Å². The number of pyridine rings is 1. The highest BCUT2D eigenvalue weighted by Crippen LogP contribution is 2.36. The molecule has 19 heavy (non-hydrogen) atoms. The van der Waals surface area contributed by atoms with Gasteiger partial charge < -0.3 is 15.8 Å². The Morgan fingerprint density at radius 3 is 2.89 bits per heavy atom. The van der Waals surface area contributed by atoms with E-state index in [1.165, 1.54) is 11.5 Å².